The fourth-order valence-electron chi connectivity index (χ4n) is 3.26. The van der Waals surface area contributed by atoms with Gasteiger partial charge in [0.25, 0.3) is 5.91 Å². The van der Waals surface area contributed by atoms with E-state index in [1.54, 1.807) is 0 Å². The number of rotatable bonds is 2. The molecule has 0 aromatic carbocycles. The van der Waals surface area contributed by atoms with Crippen LogP contribution >= 0.6 is 0 Å². The predicted molar refractivity (Wildman–Crippen MR) is 65.8 cm³/mol. The van der Waals surface area contributed by atoms with Crippen LogP contribution in [-0.4, -0.2) is 48.5 Å². The molecule has 0 aliphatic carbocycles. The van der Waals surface area contributed by atoms with Gasteiger partial charge in [0.05, 0.1) is 0 Å². The molecule has 2 bridgehead atoms. The molecule has 3 atom stereocenters. The van der Waals surface area contributed by atoms with Gasteiger partial charge in [-0.2, -0.15) is 0 Å². The first-order valence-electron chi connectivity index (χ1n) is 6.61. The van der Waals surface area contributed by atoms with Crippen LogP contribution in [0.25, 0.3) is 0 Å². The van der Waals surface area contributed by atoms with Crippen LogP contribution in [-0.2, 0) is 4.79 Å². The number of aliphatic imine (C=N–C) groups is 1. The zero-order chi connectivity index (χ0) is 11.9. The van der Waals surface area contributed by atoms with Crippen LogP contribution < -0.4 is 10.6 Å². The minimum absolute atomic E-state index is 0.138. The van der Waals surface area contributed by atoms with Gasteiger partial charge in [0, 0.05) is 25.6 Å². The Hall–Kier alpha value is -1.10. The lowest BCUT2D eigenvalue weighted by Crippen LogP contribution is -2.57. The summed E-state index contributed by atoms with van der Waals surface area (Å²) in [6.07, 6.45) is 3.04. The van der Waals surface area contributed by atoms with E-state index in [0.717, 1.165) is 45.4 Å². The highest BCUT2D eigenvalue weighted by molar-refractivity contribution is 6.09. The van der Waals surface area contributed by atoms with Crippen LogP contribution in [0.3, 0.4) is 0 Å². The lowest BCUT2D eigenvalue weighted by Gasteiger charge is -2.37. The Labute approximate surface area is 102 Å². The van der Waals surface area contributed by atoms with E-state index in [4.69, 9.17) is 0 Å². The first-order valence-corrected chi connectivity index (χ1v) is 6.61. The van der Waals surface area contributed by atoms with E-state index in [9.17, 15) is 4.79 Å². The number of nitrogens with zero attached hydrogens (tertiary/aromatic N) is 2. The van der Waals surface area contributed by atoms with Gasteiger partial charge < -0.3 is 10.2 Å². The number of hydrogen-bond donors (Lipinski definition) is 2. The molecule has 3 fully saturated rings. The highest BCUT2D eigenvalue weighted by atomic mass is 16.2. The van der Waals surface area contributed by atoms with Gasteiger partial charge in [-0.3, -0.25) is 15.1 Å². The Morgan fingerprint density at radius 2 is 2.41 bits per heavy atom. The maximum absolute atomic E-state index is 12.2. The molecule has 0 radical (unpaired) electrons. The minimum atomic E-state index is -0.362. The summed E-state index contributed by atoms with van der Waals surface area (Å²) in [5.41, 5.74) is -0.362. The average molecular weight is 236 g/mol. The highest BCUT2D eigenvalue weighted by Gasteiger charge is 2.55. The second-order valence-electron chi connectivity index (χ2n) is 5.32. The van der Waals surface area contributed by atoms with Crippen molar-refractivity contribution in [3.8, 4) is 0 Å². The molecule has 17 heavy (non-hydrogen) atoms. The van der Waals surface area contributed by atoms with Gasteiger partial charge in [0.1, 0.15) is 5.54 Å². The second-order valence-corrected chi connectivity index (χ2v) is 5.32. The van der Waals surface area contributed by atoms with Gasteiger partial charge in [0.15, 0.2) is 5.96 Å². The molecule has 3 aliphatic rings. The van der Waals surface area contributed by atoms with Crippen LogP contribution in [0.4, 0.5) is 0 Å². The van der Waals surface area contributed by atoms with E-state index < -0.39 is 0 Å². The number of fused-ring (bicyclic) bond motifs is 3. The number of hydrogen-bond acceptors (Lipinski definition) is 3. The summed E-state index contributed by atoms with van der Waals surface area (Å²) in [4.78, 5) is 19.1. The van der Waals surface area contributed by atoms with Gasteiger partial charge in [-0.25, -0.2) is 0 Å². The summed E-state index contributed by atoms with van der Waals surface area (Å²) >= 11 is 0. The topological polar surface area (TPSA) is 56.7 Å². The Morgan fingerprint density at radius 3 is 3.24 bits per heavy atom. The van der Waals surface area contributed by atoms with Gasteiger partial charge in [-0.15, -0.1) is 0 Å². The van der Waals surface area contributed by atoms with Crippen LogP contribution in [0.5, 0.6) is 0 Å². The molecule has 1 spiro atoms. The number of carbonyl (C=O) groups is 1. The lowest BCUT2D eigenvalue weighted by molar-refractivity contribution is -0.126. The molecule has 5 nitrogen and oxygen atoms in total. The fraction of sp³-hybridized carbons (Fsp3) is 0.833. The molecule has 0 aromatic rings. The maximum atomic E-state index is 12.2. The van der Waals surface area contributed by atoms with Crippen molar-refractivity contribution < 1.29 is 4.79 Å². The molecule has 5 heteroatoms. The van der Waals surface area contributed by atoms with Crippen molar-refractivity contribution in [2.75, 3.05) is 26.2 Å². The molecule has 3 aliphatic heterocycles. The summed E-state index contributed by atoms with van der Waals surface area (Å²) in [7, 11) is 0. The van der Waals surface area contributed by atoms with E-state index in [1.807, 2.05) is 0 Å². The third kappa shape index (κ3) is 1.64. The standard InChI is InChI=1S/C12H20N4O/c1-2-5-13-11-14-10(17)12(15-11)4-7-16-6-3-9(12)8-16/h9H,2-8H2,1H3,(H2,13,14,15,17). The number of nitrogens with one attached hydrogen (secondary N) is 2. The summed E-state index contributed by atoms with van der Waals surface area (Å²) in [5.74, 6) is 1.28. The van der Waals surface area contributed by atoms with Crippen molar-refractivity contribution >= 4 is 11.9 Å². The highest BCUT2D eigenvalue weighted by Crippen LogP contribution is 2.37. The van der Waals surface area contributed by atoms with Crippen molar-refractivity contribution in [1.29, 1.82) is 0 Å². The quantitative estimate of drug-likeness (QED) is 0.706. The van der Waals surface area contributed by atoms with Crippen LogP contribution in [0, 0.1) is 5.92 Å². The summed E-state index contributed by atoms with van der Waals surface area (Å²) in [6.45, 7) is 6.09. The third-order valence-electron chi connectivity index (χ3n) is 4.26. The first-order chi connectivity index (χ1) is 8.24. The summed E-state index contributed by atoms with van der Waals surface area (Å²) in [5, 5.41) is 6.29. The molecule has 0 aromatic heterocycles. The zero-order valence-electron chi connectivity index (χ0n) is 10.3. The molecule has 2 N–H and O–H groups in total. The van der Waals surface area contributed by atoms with Crippen molar-refractivity contribution in [2.45, 2.75) is 31.7 Å². The van der Waals surface area contributed by atoms with E-state index >= 15 is 0 Å². The molecule has 3 unspecified atom stereocenters. The molecule has 3 rings (SSSR count). The smallest absolute Gasteiger partial charge is 0.252 e. The minimum Gasteiger partial charge on any atom is -0.341 e. The first kappa shape index (κ1) is 11.0. The van der Waals surface area contributed by atoms with Gasteiger partial charge in [0.2, 0.25) is 0 Å². The predicted octanol–water partition coefficient (Wildman–Crippen LogP) is -0.0638. The van der Waals surface area contributed by atoms with Crippen LogP contribution in [0.1, 0.15) is 26.2 Å². The Kier molecular flexibility index (Phi) is 2.58. The Morgan fingerprint density at radius 1 is 1.53 bits per heavy atom. The zero-order valence-corrected chi connectivity index (χ0v) is 10.3. The molecular weight excluding hydrogens is 216 g/mol. The summed E-state index contributed by atoms with van der Waals surface area (Å²) in [6, 6.07) is 0. The largest absolute Gasteiger partial charge is 0.341 e. The van der Waals surface area contributed by atoms with Gasteiger partial charge in [-0.1, -0.05) is 6.92 Å². The van der Waals surface area contributed by atoms with E-state index in [2.05, 4.69) is 27.4 Å². The van der Waals surface area contributed by atoms with Crippen molar-refractivity contribution in [3.05, 3.63) is 0 Å². The monoisotopic (exact) mass is 236 g/mol. The van der Waals surface area contributed by atoms with Gasteiger partial charge in [-0.05, 0) is 25.8 Å². The third-order valence-corrected chi connectivity index (χ3v) is 4.26. The number of amides is 1. The molecule has 94 valence electrons. The summed E-state index contributed by atoms with van der Waals surface area (Å²) < 4.78 is 0. The normalized spacial score (nSPS) is 41.9. The van der Waals surface area contributed by atoms with E-state index in [1.165, 1.54) is 0 Å². The number of carbonyl (C=O) groups excluding carboxylic acids is 1. The number of piperidine rings is 1. The SMILES string of the molecule is CCCN=C1NC(=O)C2(CCN3CCC2C3)N1. The van der Waals surface area contributed by atoms with E-state index in [0.29, 0.717) is 11.9 Å². The molecular formula is C12H20N4O. The average Bonchev–Trinajstić information content (AvgIpc) is 2.86. The van der Waals surface area contributed by atoms with Gasteiger partial charge >= 0.3 is 0 Å². The van der Waals surface area contributed by atoms with Crippen molar-refractivity contribution in [3.63, 3.8) is 0 Å². The second kappa shape index (κ2) is 3.98. The molecule has 3 heterocycles. The van der Waals surface area contributed by atoms with E-state index in [-0.39, 0.29) is 11.4 Å². The molecule has 3 saturated heterocycles. The van der Waals surface area contributed by atoms with Crippen molar-refractivity contribution in [1.82, 2.24) is 15.5 Å². The van der Waals surface area contributed by atoms with Crippen LogP contribution in [0.2, 0.25) is 0 Å². The number of guanidine groups is 1. The molecule has 1 amide bonds. The maximum Gasteiger partial charge on any atom is 0.252 e. The Balaban J connectivity index is 1.81. The lowest BCUT2D eigenvalue weighted by atomic mass is 9.79. The fourth-order valence-corrected chi connectivity index (χ4v) is 3.26. The van der Waals surface area contributed by atoms with Crippen LogP contribution in [0.15, 0.2) is 4.99 Å². The molecule has 0 saturated carbocycles. The van der Waals surface area contributed by atoms with Crippen molar-refractivity contribution in [2.24, 2.45) is 10.9 Å². The Bertz CT molecular complexity index is 368.